The number of hydrogen-bond donors (Lipinski definition) is 0. The molecule has 14 heteroatoms. The largest absolute Gasteiger partial charge is 0.460 e. The van der Waals surface area contributed by atoms with Crippen molar-refractivity contribution in [1.82, 2.24) is 0 Å². The molecule has 0 unspecified atom stereocenters. The molecule has 0 rings (SSSR count). The molecule has 14 nitrogen and oxygen atoms in total. The molecule has 0 amide bonds. The van der Waals surface area contributed by atoms with Gasteiger partial charge in [-0.15, -0.1) is 0 Å². The second kappa shape index (κ2) is 48.7. The van der Waals surface area contributed by atoms with Gasteiger partial charge < -0.3 is 61.6 Å². The third kappa shape index (κ3) is 48.7. The van der Waals surface area contributed by atoms with Crippen molar-refractivity contribution in [3.8, 4) is 0 Å². The molecule has 0 N–H and O–H groups in total. The van der Waals surface area contributed by atoms with Crippen LogP contribution in [-0.4, -0.2) is 171 Å². The van der Waals surface area contributed by atoms with Crippen molar-refractivity contribution >= 4 is 5.97 Å². The normalized spacial score (nSPS) is 11.4. The van der Waals surface area contributed by atoms with Crippen molar-refractivity contribution in [3.05, 3.63) is 12.7 Å². The van der Waals surface area contributed by atoms with Crippen LogP contribution in [0.4, 0.5) is 0 Å². The predicted octanol–water partition coefficient (Wildman–Crippen LogP) is 4.84. The Balaban J connectivity index is 3.06. The molecule has 0 spiro atoms. The van der Waals surface area contributed by atoms with Gasteiger partial charge in [0.1, 0.15) is 6.61 Å². The number of carbonyl (C=O) groups excluding carboxylic acids is 1. The molecule has 0 aliphatic carbocycles. The molecule has 0 saturated heterocycles. The molecular formula is C39H76O14. The molecule has 0 heterocycles. The molecule has 0 radical (unpaired) electrons. The van der Waals surface area contributed by atoms with E-state index < -0.39 is 5.97 Å². The summed E-state index contributed by atoms with van der Waals surface area (Å²) < 4.78 is 70.6. The minimum absolute atomic E-state index is 0.198. The van der Waals surface area contributed by atoms with Crippen LogP contribution in [0, 0.1) is 0 Å². The predicted molar refractivity (Wildman–Crippen MR) is 203 cm³/mol. The molecule has 0 aliphatic rings. The van der Waals surface area contributed by atoms with E-state index in [2.05, 4.69) is 13.5 Å². The first-order chi connectivity index (χ1) is 26.3. The van der Waals surface area contributed by atoms with Gasteiger partial charge >= 0.3 is 5.97 Å². The fourth-order valence-corrected chi connectivity index (χ4v) is 4.47. The van der Waals surface area contributed by atoms with Crippen molar-refractivity contribution < 1.29 is 66.4 Å². The monoisotopic (exact) mass is 769 g/mol. The average Bonchev–Trinajstić information content (AvgIpc) is 3.17. The number of unbranched alkanes of at least 4 members (excludes halogenated alkanes) is 9. The SMILES string of the molecule is C=CC(=O)OCCOCCOCCOCCOCCOCCOCCOCCOCCOCCOCCOCCOCCCCCCCCCCCC. The van der Waals surface area contributed by atoms with Crippen molar-refractivity contribution in [2.45, 2.75) is 71.1 Å². The van der Waals surface area contributed by atoms with E-state index in [4.69, 9.17) is 61.6 Å². The molecule has 53 heavy (non-hydrogen) atoms. The third-order valence-corrected chi connectivity index (χ3v) is 7.37. The van der Waals surface area contributed by atoms with Crippen molar-refractivity contribution in [2.24, 2.45) is 0 Å². The second-order valence-electron chi connectivity index (χ2n) is 11.9. The molecule has 0 atom stereocenters. The highest BCUT2D eigenvalue weighted by Gasteiger charge is 1.98. The summed E-state index contributed by atoms with van der Waals surface area (Å²) in [7, 11) is 0. The lowest BCUT2D eigenvalue weighted by atomic mass is 10.1. The minimum Gasteiger partial charge on any atom is -0.460 e. The number of esters is 1. The lowest BCUT2D eigenvalue weighted by Crippen LogP contribution is -2.15. The molecule has 0 bridgehead atoms. The average molecular weight is 769 g/mol. The van der Waals surface area contributed by atoms with E-state index in [0.29, 0.717) is 152 Å². The maximum atomic E-state index is 10.9. The zero-order chi connectivity index (χ0) is 38.2. The Morgan fingerprint density at radius 1 is 0.321 bits per heavy atom. The summed E-state index contributed by atoms with van der Waals surface area (Å²) in [5.74, 6) is -0.458. The molecule has 0 saturated carbocycles. The van der Waals surface area contributed by atoms with Gasteiger partial charge in [-0.2, -0.15) is 0 Å². The van der Waals surface area contributed by atoms with Crippen LogP contribution in [0.1, 0.15) is 71.1 Å². The van der Waals surface area contributed by atoms with E-state index in [1.807, 2.05) is 0 Å². The highest BCUT2D eigenvalue weighted by atomic mass is 16.6. The van der Waals surface area contributed by atoms with E-state index in [9.17, 15) is 4.79 Å². The van der Waals surface area contributed by atoms with E-state index in [1.165, 1.54) is 57.8 Å². The van der Waals surface area contributed by atoms with Gasteiger partial charge in [-0.05, 0) is 6.42 Å². The molecular weight excluding hydrogens is 692 g/mol. The first-order valence-electron chi connectivity index (χ1n) is 20.0. The Kier molecular flexibility index (Phi) is 47.6. The van der Waals surface area contributed by atoms with Gasteiger partial charge in [0, 0.05) is 12.7 Å². The van der Waals surface area contributed by atoms with Gasteiger partial charge in [-0.1, -0.05) is 71.3 Å². The Labute approximate surface area is 321 Å². The number of hydrogen-bond acceptors (Lipinski definition) is 14. The standard InChI is InChI=1S/C39H76O14/c1-3-5-6-7-8-9-10-11-12-13-14-41-15-16-42-17-18-43-19-20-44-21-22-45-23-24-46-25-26-47-27-28-48-29-30-49-31-32-50-33-34-51-35-36-52-37-38-53-39(40)4-2/h4H,2-3,5-38H2,1H3. The summed E-state index contributed by atoms with van der Waals surface area (Å²) in [5, 5.41) is 0. The number of carbonyl (C=O) groups is 1. The summed E-state index contributed by atoms with van der Waals surface area (Å²) in [6, 6.07) is 0. The van der Waals surface area contributed by atoms with Crippen LogP contribution >= 0.6 is 0 Å². The first-order valence-corrected chi connectivity index (χ1v) is 20.0. The highest BCUT2D eigenvalue weighted by molar-refractivity contribution is 5.81. The fourth-order valence-electron chi connectivity index (χ4n) is 4.47. The van der Waals surface area contributed by atoms with Crippen LogP contribution in [0.15, 0.2) is 12.7 Å². The zero-order valence-corrected chi connectivity index (χ0v) is 33.2. The molecule has 316 valence electrons. The first kappa shape index (κ1) is 51.7. The van der Waals surface area contributed by atoms with Crippen LogP contribution in [0.5, 0.6) is 0 Å². The Hall–Kier alpha value is -1.27. The van der Waals surface area contributed by atoms with Gasteiger partial charge in [0.05, 0.1) is 152 Å². The van der Waals surface area contributed by atoms with Gasteiger partial charge in [-0.3, -0.25) is 0 Å². The summed E-state index contributed by atoms with van der Waals surface area (Å²) in [4.78, 5) is 10.9. The van der Waals surface area contributed by atoms with Crippen molar-refractivity contribution in [3.63, 3.8) is 0 Å². The lowest BCUT2D eigenvalue weighted by Gasteiger charge is -2.09. The lowest BCUT2D eigenvalue weighted by molar-refractivity contribution is -0.139. The van der Waals surface area contributed by atoms with E-state index in [-0.39, 0.29) is 6.61 Å². The summed E-state index contributed by atoms with van der Waals surface area (Å²) in [5.41, 5.74) is 0. The van der Waals surface area contributed by atoms with Crippen molar-refractivity contribution in [1.29, 1.82) is 0 Å². The maximum absolute atomic E-state index is 10.9. The van der Waals surface area contributed by atoms with Crippen LogP contribution in [0.25, 0.3) is 0 Å². The smallest absolute Gasteiger partial charge is 0.330 e. The summed E-state index contributed by atoms with van der Waals surface area (Å²) in [6.07, 6.45) is 14.5. The van der Waals surface area contributed by atoms with Crippen LogP contribution in [0.3, 0.4) is 0 Å². The van der Waals surface area contributed by atoms with E-state index in [0.717, 1.165) is 19.1 Å². The quantitative estimate of drug-likeness (QED) is 0.0475. The second-order valence-corrected chi connectivity index (χ2v) is 11.9. The van der Waals surface area contributed by atoms with Gasteiger partial charge in [0.2, 0.25) is 0 Å². The molecule has 0 aliphatic heterocycles. The molecule has 0 fully saturated rings. The maximum Gasteiger partial charge on any atom is 0.330 e. The zero-order valence-electron chi connectivity index (χ0n) is 33.2. The minimum atomic E-state index is -0.458. The van der Waals surface area contributed by atoms with Gasteiger partial charge in [0.25, 0.3) is 0 Å². The van der Waals surface area contributed by atoms with Crippen LogP contribution < -0.4 is 0 Å². The summed E-state index contributed by atoms with van der Waals surface area (Å²) >= 11 is 0. The van der Waals surface area contributed by atoms with Gasteiger partial charge in [0.15, 0.2) is 0 Å². The number of ether oxygens (including phenoxy) is 13. The Bertz CT molecular complexity index is 703. The van der Waals surface area contributed by atoms with Crippen molar-refractivity contribution in [2.75, 3.05) is 165 Å². The van der Waals surface area contributed by atoms with Crippen LogP contribution in [-0.2, 0) is 66.4 Å². The van der Waals surface area contributed by atoms with Crippen LogP contribution in [0.2, 0.25) is 0 Å². The van der Waals surface area contributed by atoms with E-state index in [1.54, 1.807) is 0 Å². The third-order valence-electron chi connectivity index (χ3n) is 7.37. The fraction of sp³-hybridized carbons (Fsp3) is 0.923. The molecule has 0 aromatic rings. The topological polar surface area (TPSA) is 137 Å². The molecule has 0 aromatic carbocycles. The van der Waals surface area contributed by atoms with Gasteiger partial charge in [-0.25, -0.2) is 4.79 Å². The highest BCUT2D eigenvalue weighted by Crippen LogP contribution is 2.10. The molecule has 0 aromatic heterocycles. The van der Waals surface area contributed by atoms with E-state index >= 15 is 0 Å². The summed E-state index contributed by atoms with van der Waals surface area (Å²) in [6.45, 7) is 18.2. The Morgan fingerprint density at radius 3 is 0.774 bits per heavy atom. The number of rotatable bonds is 48. The Morgan fingerprint density at radius 2 is 0.528 bits per heavy atom.